The van der Waals surface area contributed by atoms with Crippen molar-refractivity contribution >= 4 is 29.9 Å². The lowest BCUT2D eigenvalue weighted by molar-refractivity contribution is 0.0129. The van der Waals surface area contributed by atoms with Gasteiger partial charge < -0.3 is 19.7 Å². The quantitative estimate of drug-likeness (QED) is 0.408. The van der Waals surface area contributed by atoms with Gasteiger partial charge in [-0.2, -0.15) is 0 Å². The second-order valence-corrected chi connectivity index (χ2v) is 6.95. The highest BCUT2D eigenvalue weighted by Crippen LogP contribution is 2.30. The summed E-state index contributed by atoms with van der Waals surface area (Å²) in [4.78, 5) is 6.85. The summed E-state index contributed by atoms with van der Waals surface area (Å²) in [6, 6.07) is 0. The number of halogens is 1. The molecule has 0 aromatic carbocycles. The van der Waals surface area contributed by atoms with Gasteiger partial charge in [0.05, 0.1) is 6.10 Å². The Kier molecular flexibility index (Phi) is 8.40. The number of guanidine groups is 1. The Hall–Kier alpha value is -0.0800. The summed E-state index contributed by atoms with van der Waals surface area (Å²) >= 11 is 0. The second-order valence-electron chi connectivity index (χ2n) is 6.95. The predicted molar refractivity (Wildman–Crippen MR) is 104 cm³/mol. The van der Waals surface area contributed by atoms with Crippen LogP contribution in [0.1, 0.15) is 38.5 Å². The van der Waals surface area contributed by atoms with Crippen molar-refractivity contribution in [2.45, 2.75) is 44.6 Å². The van der Waals surface area contributed by atoms with Crippen LogP contribution in [0.3, 0.4) is 0 Å². The molecule has 0 radical (unpaired) electrons. The van der Waals surface area contributed by atoms with Gasteiger partial charge in [-0.25, -0.2) is 0 Å². The molecule has 1 aliphatic carbocycles. The molecule has 0 unspecified atom stereocenters. The largest absolute Gasteiger partial charge is 0.381 e. The van der Waals surface area contributed by atoms with E-state index in [4.69, 9.17) is 9.47 Å². The molecule has 1 N–H and O–H groups in total. The van der Waals surface area contributed by atoms with Gasteiger partial charge in [0.15, 0.2) is 5.96 Å². The van der Waals surface area contributed by atoms with Gasteiger partial charge in [-0.3, -0.25) is 4.99 Å². The molecule has 3 fully saturated rings. The van der Waals surface area contributed by atoms with Crippen LogP contribution in [0.4, 0.5) is 0 Å². The molecule has 134 valence electrons. The van der Waals surface area contributed by atoms with Crippen LogP contribution in [0.25, 0.3) is 0 Å². The van der Waals surface area contributed by atoms with E-state index in [9.17, 15) is 0 Å². The van der Waals surface area contributed by atoms with Crippen molar-refractivity contribution in [3.8, 4) is 0 Å². The number of ether oxygens (including phenoxy) is 2. The van der Waals surface area contributed by atoms with Crippen molar-refractivity contribution in [1.82, 2.24) is 10.2 Å². The van der Waals surface area contributed by atoms with E-state index >= 15 is 0 Å². The van der Waals surface area contributed by atoms with Gasteiger partial charge in [-0.1, -0.05) is 0 Å². The SMILES string of the molecule is CN=C(NCC1CCOCC1)N1CCC(OCC2CC2)CC1.I. The number of likely N-dealkylation sites (tertiary alicyclic amines) is 1. The number of aliphatic imine (C=N–C) groups is 1. The standard InChI is InChI=1S/C17H31N3O2.HI/c1-18-17(19-12-14-6-10-21-11-7-14)20-8-4-16(5-9-20)22-13-15-2-3-15;/h14-16H,2-13H2,1H3,(H,18,19);1H. The second kappa shape index (κ2) is 10.0. The third kappa shape index (κ3) is 6.38. The molecule has 0 atom stereocenters. The van der Waals surface area contributed by atoms with Gasteiger partial charge in [0.1, 0.15) is 0 Å². The highest BCUT2D eigenvalue weighted by molar-refractivity contribution is 14.0. The van der Waals surface area contributed by atoms with Crippen LogP contribution in [0.15, 0.2) is 4.99 Å². The van der Waals surface area contributed by atoms with Crippen LogP contribution in [0.5, 0.6) is 0 Å². The number of hydrogen-bond donors (Lipinski definition) is 1. The first-order valence-corrected chi connectivity index (χ1v) is 9.00. The molecule has 2 saturated heterocycles. The molecular weight excluding hydrogens is 405 g/mol. The van der Waals surface area contributed by atoms with Crippen molar-refractivity contribution in [2.75, 3.05) is 46.5 Å². The molecule has 3 aliphatic rings. The Bertz CT molecular complexity index is 363. The minimum absolute atomic E-state index is 0. The number of nitrogens with one attached hydrogen (secondary N) is 1. The minimum Gasteiger partial charge on any atom is -0.381 e. The third-order valence-electron chi connectivity index (χ3n) is 5.11. The van der Waals surface area contributed by atoms with E-state index in [0.29, 0.717) is 6.10 Å². The first-order chi connectivity index (χ1) is 10.8. The van der Waals surface area contributed by atoms with Crippen LogP contribution < -0.4 is 5.32 Å². The zero-order chi connectivity index (χ0) is 15.2. The molecule has 1 saturated carbocycles. The van der Waals surface area contributed by atoms with Crippen molar-refractivity contribution in [3.05, 3.63) is 0 Å². The summed E-state index contributed by atoms with van der Waals surface area (Å²) in [7, 11) is 1.89. The van der Waals surface area contributed by atoms with Crippen LogP contribution in [-0.4, -0.2) is 63.5 Å². The van der Waals surface area contributed by atoms with E-state index in [-0.39, 0.29) is 24.0 Å². The Morgan fingerprint density at radius 3 is 2.39 bits per heavy atom. The average Bonchev–Trinajstić information content (AvgIpc) is 3.40. The molecule has 0 aromatic heterocycles. The summed E-state index contributed by atoms with van der Waals surface area (Å²) in [6.45, 7) is 5.95. The number of rotatable bonds is 5. The van der Waals surface area contributed by atoms with Crippen LogP contribution in [0.2, 0.25) is 0 Å². The molecule has 23 heavy (non-hydrogen) atoms. The molecule has 6 heteroatoms. The highest BCUT2D eigenvalue weighted by atomic mass is 127. The van der Waals surface area contributed by atoms with E-state index in [1.165, 1.54) is 25.7 Å². The monoisotopic (exact) mass is 437 g/mol. The van der Waals surface area contributed by atoms with Gasteiger partial charge >= 0.3 is 0 Å². The molecule has 0 aromatic rings. The number of hydrogen-bond acceptors (Lipinski definition) is 3. The maximum Gasteiger partial charge on any atom is 0.193 e. The molecule has 0 spiro atoms. The molecular formula is C17H32IN3O2. The first-order valence-electron chi connectivity index (χ1n) is 9.00. The summed E-state index contributed by atoms with van der Waals surface area (Å²) in [5.41, 5.74) is 0. The fourth-order valence-corrected chi connectivity index (χ4v) is 3.31. The molecule has 0 amide bonds. The molecule has 2 aliphatic heterocycles. The zero-order valence-corrected chi connectivity index (χ0v) is 16.7. The Balaban J connectivity index is 0.00000192. The van der Waals surface area contributed by atoms with Gasteiger partial charge in [0.2, 0.25) is 0 Å². The first kappa shape index (κ1) is 19.2. The van der Waals surface area contributed by atoms with E-state index < -0.39 is 0 Å². The minimum atomic E-state index is 0. The zero-order valence-electron chi connectivity index (χ0n) is 14.3. The van der Waals surface area contributed by atoms with Gasteiger partial charge in [-0.15, -0.1) is 24.0 Å². The number of nitrogens with zero attached hydrogens (tertiary/aromatic N) is 2. The average molecular weight is 437 g/mol. The van der Waals surface area contributed by atoms with E-state index in [1.807, 2.05) is 7.05 Å². The van der Waals surface area contributed by atoms with Crippen LogP contribution in [-0.2, 0) is 9.47 Å². The fourth-order valence-electron chi connectivity index (χ4n) is 3.31. The fraction of sp³-hybridized carbons (Fsp3) is 0.941. The summed E-state index contributed by atoms with van der Waals surface area (Å²) < 4.78 is 11.4. The number of piperidine rings is 1. The lowest BCUT2D eigenvalue weighted by Crippen LogP contribution is -2.48. The van der Waals surface area contributed by atoms with E-state index in [0.717, 1.165) is 70.1 Å². The maximum absolute atomic E-state index is 6.02. The summed E-state index contributed by atoms with van der Waals surface area (Å²) in [6.07, 6.45) is 7.81. The summed E-state index contributed by atoms with van der Waals surface area (Å²) in [5, 5.41) is 3.56. The van der Waals surface area contributed by atoms with Crippen molar-refractivity contribution in [2.24, 2.45) is 16.8 Å². The Labute approximate surface area is 157 Å². The van der Waals surface area contributed by atoms with Crippen LogP contribution >= 0.6 is 24.0 Å². The normalized spacial score (nSPS) is 24.4. The van der Waals surface area contributed by atoms with E-state index in [1.54, 1.807) is 0 Å². The summed E-state index contributed by atoms with van der Waals surface area (Å²) in [5.74, 6) is 2.66. The van der Waals surface area contributed by atoms with Crippen molar-refractivity contribution in [3.63, 3.8) is 0 Å². The van der Waals surface area contributed by atoms with Crippen molar-refractivity contribution in [1.29, 1.82) is 0 Å². The van der Waals surface area contributed by atoms with Gasteiger partial charge in [-0.05, 0) is 50.4 Å². The molecule has 5 nitrogen and oxygen atoms in total. The predicted octanol–water partition coefficient (Wildman–Crippen LogP) is 2.50. The maximum atomic E-state index is 6.02. The van der Waals surface area contributed by atoms with E-state index in [2.05, 4.69) is 15.2 Å². The van der Waals surface area contributed by atoms with Gasteiger partial charge in [0.25, 0.3) is 0 Å². The third-order valence-corrected chi connectivity index (χ3v) is 5.11. The Morgan fingerprint density at radius 2 is 1.78 bits per heavy atom. The highest BCUT2D eigenvalue weighted by Gasteiger charge is 2.26. The Morgan fingerprint density at radius 1 is 1.09 bits per heavy atom. The topological polar surface area (TPSA) is 46.1 Å². The van der Waals surface area contributed by atoms with Crippen molar-refractivity contribution < 1.29 is 9.47 Å². The van der Waals surface area contributed by atoms with Crippen LogP contribution in [0, 0.1) is 11.8 Å². The van der Waals surface area contributed by atoms with Gasteiger partial charge in [0, 0.05) is 46.5 Å². The smallest absolute Gasteiger partial charge is 0.193 e. The lowest BCUT2D eigenvalue weighted by Gasteiger charge is -2.35. The molecule has 2 heterocycles. The molecule has 0 bridgehead atoms. The molecule has 3 rings (SSSR count). The lowest BCUT2D eigenvalue weighted by atomic mass is 10.0.